The van der Waals surface area contributed by atoms with Crippen molar-refractivity contribution >= 4 is 0 Å². The first kappa shape index (κ1) is 12.6. The molecule has 0 spiro atoms. The number of nitrogens with one attached hydrogen (secondary N) is 1. The van der Waals surface area contributed by atoms with Crippen LogP contribution in [0.25, 0.3) is 0 Å². The van der Waals surface area contributed by atoms with Crippen LogP contribution in [0.1, 0.15) is 51.1 Å². The van der Waals surface area contributed by atoms with Crippen LogP contribution in [0.15, 0.2) is 24.3 Å². The van der Waals surface area contributed by atoms with Gasteiger partial charge < -0.3 is 5.32 Å². The van der Waals surface area contributed by atoms with Crippen LogP contribution in [0.2, 0.25) is 0 Å². The van der Waals surface area contributed by atoms with E-state index in [0.717, 1.165) is 5.56 Å². The van der Waals surface area contributed by atoms with Crippen LogP contribution in [0, 0.1) is 11.7 Å². The lowest BCUT2D eigenvalue weighted by molar-refractivity contribution is 0.262. The van der Waals surface area contributed by atoms with Crippen molar-refractivity contribution in [3.63, 3.8) is 0 Å². The van der Waals surface area contributed by atoms with E-state index in [9.17, 15) is 4.39 Å². The highest BCUT2D eigenvalue weighted by molar-refractivity contribution is 5.20. The second-order valence-electron chi connectivity index (χ2n) is 5.28. The highest BCUT2D eigenvalue weighted by Gasteiger charge is 2.23. The fourth-order valence-corrected chi connectivity index (χ4v) is 2.80. The molecule has 17 heavy (non-hydrogen) atoms. The van der Waals surface area contributed by atoms with E-state index in [4.69, 9.17) is 0 Å². The van der Waals surface area contributed by atoms with Crippen LogP contribution < -0.4 is 5.32 Å². The second-order valence-corrected chi connectivity index (χ2v) is 5.28. The molecule has 0 bridgehead atoms. The molecule has 0 aromatic heterocycles. The standard InChI is InChI=1S/C15H22FN/c1-11-7-3-6-10-15(11)17-12(2)13-8-4-5-9-14(13)16/h4-5,8-9,11-12,15,17H,3,6-7,10H2,1-2H3/t11?,12-,15?/m1/s1. The van der Waals surface area contributed by atoms with Gasteiger partial charge in [-0.1, -0.05) is 38.0 Å². The Labute approximate surface area is 103 Å². The zero-order valence-electron chi connectivity index (χ0n) is 10.7. The fourth-order valence-electron chi connectivity index (χ4n) is 2.80. The van der Waals surface area contributed by atoms with Gasteiger partial charge in [0.15, 0.2) is 0 Å². The van der Waals surface area contributed by atoms with Gasteiger partial charge in [0.05, 0.1) is 0 Å². The SMILES string of the molecule is CC1CCCCC1N[C@H](C)c1ccccc1F. The Kier molecular flexibility index (Phi) is 4.16. The van der Waals surface area contributed by atoms with E-state index in [1.807, 2.05) is 12.1 Å². The molecule has 1 N–H and O–H groups in total. The number of benzene rings is 1. The molecule has 0 radical (unpaired) electrons. The summed E-state index contributed by atoms with van der Waals surface area (Å²) < 4.78 is 13.7. The first-order valence-corrected chi connectivity index (χ1v) is 6.69. The number of halogens is 1. The smallest absolute Gasteiger partial charge is 0.127 e. The fraction of sp³-hybridized carbons (Fsp3) is 0.600. The highest BCUT2D eigenvalue weighted by Crippen LogP contribution is 2.26. The summed E-state index contributed by atoms with van der Waals surface area (Å²) in [6.07, 6.45) is 5.15. The molecule has 1 aliphatic carbocycles. The van der Waals surface area contributed by atoms with Gasteiger partial charge in [-0.05, 0) is 31.7 Å². The van der Waals surface area contributed by atoms with Crippen molar-refractivity contribution < 1.29 is 4.39 Å². The molecular weight excluding hydrogens is 213 g/mol. The van der Waals surface area contributed by atoms with E-state index in [1.165, 1.54) is 31.7 Å². The quantitative estimate of drug-likeness (QED) is 0.833. The molecule has 2 rings (SSSR count). The maximum Gasteiger partial charge on any atom is 0.127 e. The lowest BCUT2D eigenvalue weighted by Gasteiger charge is -2.32. The number of hydrogen-bond donors (Lipinski definition) is 1. The van der Waals surface area contributed by atoms with Crippen molar-refractivity contribution in [2.24, 2.45) is 5.92 Å². The third kappa shape index (κ3) is 3.06. The Morgan fingerprint density at radius 1 is 1.24 bits per heavy atom. The molecule has 2 unspecified atom stereocenters. The molecule has 1 fully saturated rings. The molecule has 0 saturated heterocycles. The summed E-state index contributed by atoms with van der Waals surface area (Å²) in [5.74, 6) is 0.605. The van der Waals surface area contributed by atoms with Crippen molar-refractivity contribution in [3.8, 4) is 0 Å². The molecule has 0 amide bonds. The van der Waals surface area contributed by atoms with Gasteiger partial charge in [0.1, 0.15) is 5.82 Å². The van der Waals surface area contributed by atoms with Crippen molar-refractivity contribution in [1.29, 1.82) is 0 Å². The first-order valence-electron chi connectivity index (χ1n) is 6.69. The topological polar surface area (TPSA) is 12.0 Å². The van der Waals surface area contributed by atoms with Gasteiger partial charge in [-0.2, -0.15) is 0 Å². The van der Waals surface area contributed by atoms with Crippen LogP contribution in [-0.4, -0.2) is 6.04 Å². The first-order chi connectivity index (χ1) is 8.18. The summed E-state index contributed by atoms with van der Waals surface area (Å²) >= 11 is 0. The minimum Gasteiger partial charge on any atom is -0.307 e. The third-order valence-electron chi connectivity index (χ3n) is 3.95. The van der Waals surface area contributed by atoms with Crippen molar-refractivity contribution in [3.05, 3.63) is 35.6 Å². The number of rotatable bonds is 3. The van der Waals surface area contributed by atoms with Crippen LogP contribution in [0.3, 0.4) is 0 Å². The molecule has 3 atom stereocenters. The van der Waals surface area contributed by atoms with Gasteiger partial charge in [0, 0.05) is 17.6 Å². The van der Waals surface area contributed by atoms with Gasteiger partial charge in [0.25, 0.3) is 0 Å². The molecule has 1 saturated carbocycles. The Morgan fingerprint density at radius 2 is 1.94 bits per heavy atom. The summed E-state index contributed by atoms with van der Waals surface area (Å²) in [5.41, 5.74) is 0.783. The number of hydrogen-bond acceptors (Lipinski definition) is 1. The largest absolute Gasteiger partial charge is 0.307 e. The predicted molar refractivity (Wildman–Crippen MR) is 69.4 cm³/mol. The van der Waals surface area contributed by atoms with E-state index >= 15 is 0 Å². The summed E-state index contributed by atoms with van der Waals surface area (Å²) in [4.78, 5) is 0. The molecular formula is C15H22FN. The zero-order chi connectivity index (χ0) is 12.3. The summed E-state index contributed by atoms with van der Waals surface area (Å²) in [5, 5.41) is 3.59. The summed E-state index contributed by atoms with van der Waals surface area (Å²) in [7, 11) is 0. The van der Waals surface area contributed by atoms with Crippen molar-refractivity contribution in [2.45, 2.75) is 51.6 Å². The maximum atomic E-state index is 13.7. The zero-order valence-corrected chi connectivity index (χ0v) is 10.7. The lowest BCUT2D eigenvalue weighted by atomic mass is 9.85. The van der Waals surface area contributed by atoms with Gasteiger partial charge in [0.2, 0.25) is 0 Å². The molecule has 94 valence electrons. The Balaban J connectivity index is 2.01. The molecule has 1 aromatic carbocycles. The minimum atomic E-state index is -0.101. The van der Waals surface area contributed by atoms with E-state index in [2.05, 4.69) is 19.2 Å². The predicted octanol–water partition coefficient (Wildman–Crippen LogP) is 4.06. The van der Waals surface area contributed by atoms with Crippen molar-refractivity contribution in [2.75, 3.05) is 0 Å². The van der Waals surface area contributed by atoms with Gasteiger partial charge in [-0.3, -0.25) is 0 Å². The Hall–Kier alpha value is -0.890. The van der Waals surface area contributed by atoms with Crippen LogP contribution in [0.5, 0.6) is 0 Å². The molecule has 1 nitrogen and oxygen atoms in total. The molecule has 2 heteroatoms. The maximum absolute atomic E-state index is 13.7. The van der Waals surface area contributed by atoms with E-state index in [-0.39, 0.29) is 11.9 Å². The van der Waals surface area contributed by atoms with Crippen LogP contribution >= 0.6 is 0 Å². The van der Waals surface area contributed by atoms with E-state index in [1.54, 1.807) is 6.07 Å². The van der Waals surface area contributed by atoms with Crippen molar-refractivity contribution in [1.82, 2.24) is 5.32 Å². The normalized spacial score (nSPS) is 26.8. The average Bonchev–Trinajstić information content (AvgIpc) is 2.32. The second kappa shape index (κ2) is 5.63. The summed E-state index contributed by atoms with van der Waals surface area (Å²) in [6.45, 7) is 4.35. The summed E-state index contributed by atoms with van der Waals surface area (Å²) in [6, 6.07) is 7.70. The molecule has 0 aliphatic heterocycles. The van der Waals surface area contributed by atoms with E-state index < -0.39 is 0 Å². The van der Waals surface area contributed by atoms with Gasteiger partial charge in [-0.25, -0.2) is 4.39 Å². The monoisotopic (exact) mass is 235 g/mol. The van der Waals surface area contributed by atoms with Crippen LogP contribution in [0.4, 0.5) is 4.39 Å². The third-order valence-corrected chi connectivity index (χ3v) is 3.95. The average molecular weight is 235 g/mol. The Bertz CT molecular complexity index is 364. The highest BCUT2D eigenvalue weighted by atomic mass is 19.1. The van der Waals surface area contributed by atoms with Gasteiger partial charge >= 0.3 is 0 Å². The lowest BCUT2D eigenvalue weighted by Crippen LogP contribution is -2.38. The minimum absolute atomic E-state index is 0.0988. The Morgan fingerprint density at radius 3 is 2.65 bits per heavy atom. The van der Waals surface area contributed by atoms with E-state index in [0.29, 0.717) is 12.0 Å². The molecule has 1 aliphatic rings. The van der Waals surface area contributed by atoms with Gasteiger partial charge in [-0.15, -0.1) is 0 Å². The van der Waals surface area contributed by atoms with Crippen LogP contribution in [-0.2, 0) is 0 Å². The molecule has 1 aromatic rings. The molecule has 0 heterocycles.